The van der Waals surface area contributed by atoms with E-state index in [4.69, 9.17) is 0 Å². The quantitative estimate of drug-likeness (QED) is 0.577. The molecule has 0 atom stereocenters. The van der Waals surface area contributed by atoms with Crippen molar-refractivity contribution in [1.82, 2.24) is 0 Å². The van der Waals surface area contributed by atoms with Crippen molar-refractivity contribution in [3.05, 3.63) is 59.7 Å². The molecule has 0 amide bonds. The lowest BCUT2D eigenvalue weighted by Gasteiger charge is -2.03. The van der Waals surface area contributed by atoms with Gasteiger partial charge in [0.15, 0.2) is 0 Å². The zero-order valence-corrected chi connectivity index (χ0v) is 13.8. The molecule has 0 unspecified atom stereocenters. The Bertz CT molecular complexity index is 604. The molecule has 4 heteroatoms. The minimum atomic E-state index is 0.781. The van der Waals surface area contributed by atoms with Crippen molar-refractivity contribution in [3.63, 3.8) is 0 Å². The van der Waals surface area contributed by atoms with Gasteiger partial charge in [0.2, 0.25) is 0 Å². The summed E-state index contributed by atoms with van der Waals surface area (Å²) in [5.74, 6) is 0. The largest absolute Gasteiger partial charge is 0.388 e. The predicted molar refractivity (Wildman–Crippen MR) is 102 cm³/mol. The highest BCUT2D eigenvalue weighted by Gasteiger charge is 1.96. The summed E-state index contributed by atoms with van der Waals surface area (Å²) < 4.78 is 0. The Kier molecular flexibility index (Phi) is 6.85. The first-order valence-electron chi connectivity index (χ1n) is 7.88. The van der Waals surface area contributed by atoms with E-state index in [2.05, 4.69) is 32.8 Å². The van der Waals surface area contributed by atoms with Crippen LogP contribution in [-0.2, 0) is 0 Å². The first-order valence-corrected chi connectivity index (χ1v) is 7.88. The van der Waals surface area contributed by atoms with E-state index >= 15 is 0 Å². The van der Waals surface area contributed by atoms with Gasteiger partial charge >= 0.3 is 0 Å². The Labute approximate surface area is 138 Å². The molecule has 0 heterocycles. The second-order valence-electron chi connectivity index (χ2n) is 5.10. The monoisotopic (exact) mass is 308 g/mol. The van der Waals surface area contributed by atoms with Crippen LogP contribution < -0.4 is 10.6 Å². The molecule has 0 aliphatic rings. The maximum absolute atomic E-state index is 4.48. The van der Waals surface area contributed by atoms with Gasteiger partial charge in [-0.25, -0.2) is 0 Å². The van der Waals surface area contributed by atoms with Crippen molar-refractivity contribution in [2.75, 3.05) is 37.8 Å². The lowest BCUT2D eigenvalue weighted by molar-refractivity contribution is 0.851. The van der Waals surface area contributed by atoms with Crippen LogP contribution in [0, 0.1) is 0 Å². The van der Waals surface area contributed by atoms with E-state index in [-0.39, 0.29) is 0 Å². The molecule has 0 saturated heterocycles. The summed E-state index contributed by atoms with van der Waals surface area (Å²) in [4.78, 5) is 8.95. The third-order valence-electron chi connectivity index (χ3n) is 3.50. The van der Waals surface area contributed by atoms with Gasteiger partial charge in [-0.1, -0.05) is 36.4 Å². The maximum Gasteiger partial charge on any atom is 0.0426 e. The minimum Gasteiger partial charge on any atom is -0.388 e. The second kappa shape index (κ2) is 9.41. The number of benzene rings is 2. The molecule has 23 heavy (non-hydrogen) atoms. The maximum atomic E-state index is 4.48. The Morgan fingerprint density at radius 2 is 1.17 bits per heavy atom. The fourth-order valence-corrected chi connectivity index (χ4v) is 2.25. The summed E-state index contributed by atoms with van der Waals surface area (Å²) in [6, 6.07) is 16.3. The topological polar surface area (TPSA) is 48.8 Å². The van der Waals surface area contributed by atoms with Crippen LogP contribution in [-0.4, -0.2) is 39.6 Å². The molecule has 0 fully saturated rings. The zero-order valence-electron chi connectivity index (χ0n) is 13.8. The van der Waals surface area contributed by atoms with Crippen molar-refractivity contribution in [3.8, 4) is 0 Å². The molecule has 0 aromatic heterocycles. The van der Waals surface area contributed by atoms with Crippen molar-refractivity contribution >= 4 is 23.8 Å². The number of hydrogen-bond acceptors (Lipinski definition) is 4. The average Bonchev–Trinajstić information content (AvgIpc) is 2.61. The highest BCUT2D eigenvalue weighted by Crippen LogP contribution is 2.12. The SMILES string of the molecule is CNc1ccccc1C=NCCCN=Cc1ccccc1NC. The van der Waals surface area contributed by atoms with Crippen LogP contribution in [0.5, 0.6) is 0 Å². The fraction of sp³-hybridized carbons (Fsp3) is 0.263. The number of aliphatic imine (C=N–C) groups is 2. The summed E-state index contributed by atoms with van der Waals surface area (Å²) in [5, 5.41) is 6.33. The van der Waals surface area contributed by atoms with E-state index in [1.807, 2.05) is 62.9 Å². The number of nitrogens with zero attached hydrogens (tertiary/aromatic N) is 2. The Hall–Kier alpha value is -2.62. The first-order chi connectivity index (χ1) is 11.3. The van der Waals surface area contributed by atoms with E-state index in [1.54, 1.807) is 0 Å². The molecule has 120 valence electrons. The number of anilines is 2. The van der Waals surface area contributed by atoms with Gasteiger partial charge in [-0.2, -0.15) is 0 Å². The van der Waals surface area contributed by atoms with Gasteiger partial charge in [-0.15, -0.1) is 0 Å². The number of para-hydroxylation sites is 2. The number of rotatable bonds is 8. The summed E-state index contributed by atoms with van der Waals surface area (Å²) in [6.07, 6.45) is 4.79. The molecule has 0 aliphatic carbocycles. The molecule has 0 bridgehead atoms. The van der Waals surface area contributed by atoms with E-state index in [9.17, 15) is 0 Å². The smallest absolute Gasteiger partial charge is 0.0426 e. The summed E-state index contributed by atoms with van der Waals surface area (Å²) in [7, 11) is 3.84. The molecular weight excluding hydrogens is 284 g/mol. The fourth-order valence-electron chi connectivity index (χ4n) is 2.25. The molecule has 0 aliphatic heterocycles. The average molecular weight is 308 g/mol. The van der Waals surface area contributed by atoms with Crippen LogP contribution in [0.15, 0.2) is 58.5 Å². The highest BCUT2D eigenvalue weighted by atomic mass is 14.8. The summed E-state index contributed by atoms with van der Waals surface area (Å²) in [5.41, 5.74) is 4.42. The second-order valence-corrected chi connectivity index (χ2v) is 5.10. The van der Waals surface area contributed by atoms with Gasteiger partial charge in [0.05, 0.1) is 0 Å². The molecule has 2 rings (SSSR count). The Balaban J connectivity index is 1.77. The van der Waals surface area contributed by atoms with Crippen LogP contribution in [0.3, 0.4) is 0 Å². The molecule has 0 radical (unpaired) electrons. The summed E-state index contributed by atoms with van der Waals surface area (Å²) in [6.45, 7) is 1.56. The zero-order chi connectivity index (χ0) is 16.3. The lowest BCUT2D eigenvalue weighted by atomic mass is 10.2. The highest BCUT2D eigenvalue weighted by molar-refractivity contribution is 5.88. The van der Waals surface area contributed by atoms with Gasteiger partial charge in [-0.3, -0.25) is 9.98 Å². The van der Waals surface area contributed by atoms with Gasteiger partial charge in [-0.05, 0) is 18.6 Å². The number of nitrogens with one attached hydrogen (secondary N) is 2. The van der Waals surface area contributed by atoms with Crippen LogP contribution in [0.25, 0.3) is 0 Å². The first kappa shape index (κ1) is 16.7. The molecule has 2 aromatic carbocycles. The predicted octanol–water partition coefficient (Wildman–Crippen LogP) is 3.70. The van der Waals surface area contributed by atoms with Crippen LogP contribution in [0.2, 0.25) is 0 Å². The van der Waals surface area contributed by atoms with E-state index in [0.717, 1.165) is 42.0 Å². The van der Waals surface area contributed by atoms with E-state index in [0.29, 0.717) is 0 Å². The Morgan fingerprint density at radius 3 is 1.61 bits per heavy atom. The van der Waals surface area contributed by atoms with Crippen molar-refractivity contribution < 1.29 is 0 Å². The normalized spacial score (nSPS) is 11.2. The van der Waals surface area contributed by atoms with Crippen molar-refractivity contribution in [2.45, 2.75) is 6.42 Å². The molecular formula is C19H24N4. The lowest BCUT2D eigenvalue weighted by Crippen LogP contribution is -1.96. The van der Waals surface area contributed by atoms with E-state index < -0.39 is 0 Å². The van der Waals surface area contributed by atoms with Gasteiger partial charge < -0.3 is 10.6 Å². The third-order valence-corrected chi connectivity index (χ3v) is 3.50. The molecule has 4 nitrogen and oxygen atoms in total. The standard InChI is InChI=1S/C19H24N4/c1-20-18-10-5-3-8-16(18)14-22-12-7-13-23-15-17-9-4-6-11-19(17)21-2/h3-6,8-11,14-15,20-21H,7,12-13H2,1-2H3. The molecule has 0 spiro atoms. The molecule has 2 aromatic rings. The van der Waals surface area contributed by atoms with Crippen LogP contribution in [0.4, 0.5) is 11.4 Å². The van der Waals surface area contributed by atoms with Crippen molar-refractivity contribution in [2.24, 2.45) is 9.98 Å². The van der Waals surface area contributed by atoms with Crippen molar-refractivity contribution in [1.29, 1.82) is 0 Å². The minimum absolute atomic E-state index is 0.781. The van der Waals surface area contributed by atoms with Crippen LogP contribution in [0.1, 0.15) is 17.5 Å². The molecule has 0 saturated carbocycles. The Morgan fingerprint density at radius 1 is 0.739 bits per heavy atom. The molecule has 2 N–H and O–H groups in total. The van der Waals surface area contributed by atoms with Gasteiger partial charge in [0.1, 0.15) is 0 Å². The van der Waals surface area contributed by atoms with E-state index in [1.165, 1.54) is 0 Å². The van der Waals surface area contributed by atoms with Crippen LogP contribution >= 0.6 is 0 Å². The van der Waals surface area contributed by atoms with Gasteiger partial charge in [0, 0.05) is 62.1 Å². The number of hydrogen-bond donors (Lipinski definition) is 2. The summed E-state index contributed by atoms with van der Waals surface area (Å²) >= 11 is 0. The third kappa shape index (κ3) is 5.25. The van der Waals surface area contributed by atoms with Gasteiger partial charge in [0.25, 0.3) is 0 Å².